The Morgan fingerprint density at radius 2 is 2.24 bits per heavy atom. The van der Waals surface area contributed by atoms with Gasteiger partial charge in [-0.15, -0.1) is 0 Å². The summed E-state index contributed by atoms with van der Waals surface area (Å²) in [7, 11) is 0. The topological polar surface area (TPSA) is 34.2 Å². The van der Waals surface area contributed by atoms with E-state index in [1.807, 2.05) is 6.07 Å². The molecule has 0 radical (unpaired) electrons. The molecule has 1 heterocycles. The number of nitrogens with one attached hydrogen (secondary N) is 1. The molecule has 1 aromatic heterocycles. The van der Waals surface area contributed by atoms with Gasteiger partial charge < -0.3 is 10.1 Å². The van der Waals surface area contributed by atoms with Gasteiger partial charge in [-0.25, -0.2) is 4.98 Å². The van der Waals surface area contributed by atoms with Crippen molar-refractivity contribution in [1.29, 1.82) is 0 Å². The number of rotatable bonds is 5. The Morgan fingerprint density at radius 1 is 1.47 bits per heavy atom. The van der Waals surface area contributed by atoms with E-state index >= 15 is 0 Å². The Labute approximate surface area is 115 Å². The van der Waals surface area contributed by atoms with Crippen LogP contribution in [0.25, 0.3) is 0 Å². The summed E-state index contributed by atoms with van der Waals surface area (Å²) in [5.74, 6) is 0.713. The van der Waals surface area contributed by atoms with Gasteiger partial charge in [0.2, 0.25) is 0 Å². The minimum Gasteiger partial charge on any atom is -0.376 e. The highest BCUT2D eigenvalue weighted by molar-refractivity contribution is 9.10. The lowest BCUT2D eigenvalue weighted by Gasteiger charge is -2.12. The van der Waals surface area contributed by atoms with Gasteiger partial charge in [0, 0.05) is 17.2 Å². The normalized spacial score (nSPS) is 16.4. The number of pyridine rings is 1. The predicted octanol–water partition coefficient (Wildman–Crippen LogP) is 3.87. The molecule has 0 aromatic carbocycles. The number of ether oxygens (including phenoxy) is 1. The van der Waals surface area contributed by atoms with Crippen molar-refractivity contribution in [2.75, 3.05) is 18.5 Å². The fourth-order valence-electron chi connectivity index (χ4n) is 1.99. The molecule has 1 N–H and O–H groups in total. The molecule has 1 saturated carbocycles. The molecule has 0 amide bonds. The Balaban J connectivity index is 1.70. The zero-order valence-electron chi connectivity index (χ0n) is 9.59. The first-order chi connectivity index (χ1) is 8.25. The third-order valence-electron chi connectivity index (χ3n) is 2.86. The van der Waals surface area contributed by atoms with E-state index in [1.54, 1.807) is 6.20 Å². The van der Waals surface area contributed by atoms with E-state index in [2.05, 4.69) is 26.2 Å². The number of nitrogens with zero attached hydrogens (tertiary/aromatic N) is 1. The third-order valence-corrected chi connectivity index (χ3v) is 3.58. The van der Waals surface area contributed by atoms with Crippen molar-refractivity contribution < 1.29 is 4.74 Å². The summed E-state index contributed by atoms with van der Waals surface area (Å²) >= 11 is 9.36. The van der Waals surface area contributed by atoms with Gasteiger partial charge in [0.25, 0.3) is 0 Å². The van der Waals surface area contributed by atoms with E-state index in [0.717, 1.165) is 11.0 Å². The first-order valence-corrected chi connectivity index (χ1v) is 7.09. The summed E-state index contributed by atoms with van der Waals surface area (Å²) in [5.41, 5.74) is 0. The molecule has 1 aliphatic carbocycles. The summed E-state index contributed by atoms with van der Waals surface area (Å²) in [4.78, 5) is 4.20. The Kier molecular flexibility index (Phi) is 5.07. The molecule has 2 rings (SSSR count). The minimum atomic E-state index is 0.463. The Hall–Kier alpha value is -0.320. The SMILES string of the molecule is Clc1cc(Br)cnc1NCCOC1CCCC1. The van der Waals surface area contributed by atoms with Crippen molar-refractivity contribution >= 4 is 33.3 Å². The highest BCUT2D eigenvalue weighted by atomic mass is 79.9. The van der Waals surface area contributed by atoms with Crippen molar-refractivity contribution in [2.24, 2.45) is 0 Å². The summed E-state index contributed by atoms with van der Waals surface area (Å²) in [6.45, 7) is 1.45. The smallest absolute Gasteiger partial charge is 0.144 e. The molecule has 17 heavy (non-hydrogen) atoms. The summed E-state index contributed by atoms with van der Waals surface area (Å²) in [6, 6.07) is 1.83. The second kappa shape index (κ2) is 6.57. The van der Waals surface area contributed by atoms with Crippen LogP contribution in [0.15, 0.2) is 16.7 Å². The van der Waals surface area contributed by atoms with Gasteiger partial charge in [0.05, 0.1) is 17.7 Å². The van der Waals surface area contributed by atoms with E-state index in [1.165, 1.54) is 25.7 Å². The Morgan fingerprint density at radius 3 is 2.94 bits per heavy atom. The van der Waals surface area contributed by atoms with Gasteiger partial charge in [-0.3, -0.25) is 0 Å². The molecule has 1 aliphatic rings. The second-order valence-electron chi connectivity index (χ2n) is 4.19. The lowest BCUT2D eigenvalue weighted by molar-refractivity contribution is 0.0659. The highest BCUT2D eigenvalue weighted by Crippen LogP contribution is 2.23. The summed E-state index contributed by atoms with van der Waals surface area (Å²) < 4.78 is 6.63. The third kappa shape index (κ3) is 4.12. The molecule has 0 aliphatic heterocycles. The number of anilines is 1. The van der Waals surface area contributed by atoms with Crippen molar-refractivity contribution in [3.8, 4) is 0 Å². The van der Waals surface area contributed by atoms with E-state index in [4.69, 9.17) is 16.3 Å². The molecule has 0 atom stereocenters. The first-order valence-electron chi connectivity index (χ1n) is 5.92. The lowest BCUT2D eigenvalue weighted by atomic mass is 10.3. The van der Waals surface area contributed by atoms with Crippen LogP contribution in [0.5, 0.6) is 0 Å². The van der Waals surface area contributed by atoms with E-state index in [9.17, 15) is 0 Å². The van der Waals surface area contributed by atoms with Crippen LogP contribution >= 0.6 is 27.5 Å². The van der Waals surface area contributed by atoms with Gasteiger partial charge >= 0.3 is 0 Å². The van der Waals surface area contributed by atoms with Crippen LogP contribution in [0.1, 0.15) is 25.7 Å². The molecule has 1 fully saturated rings. The van der Waals surface area contributed by atoms with Crippen molar-refractivity contribution in [1.82, 2.24) is 4.98 Å². The standard InChI is InChI=1S/C12H16BrClN2O/c13-9-7-11(14)12(16-8-9)15-5-6-17-10-3-1-2-4-10/h7-8,10H,1-6H2,(H,15,16). The van der Waals surface area contributed by atoms with E-state index < -0.39 is 0 Å². The van der Waals surface area contributed by atoms with Gasteiger partial charge in [-0.05, 0) is 34.8 Å². The van der Waals surface area contributed by atoms with Gasteiger partial charge in [-0.1, -0.05) is 24.4 Å². The summed E-state index contributed by atoms with van der Waals surface area (Å²) in [5, 5.41) is 3.80. The van der Waals surface area contributed by atoms with Gasteiger partial charge in [0.1, 0.15) is 5.82 Å². The number of hydrogen-bond acceptors (Lipinski definition) is 3. The maximum Gasteiger partial charge on any atom is 0.144 e. The van der Waals surface area contributed by atoms with Crippen molar-refractivity contribution in [3.63, 3.8) is 0 Å². The zero-order valence-corrected chi connectivity index (χ0v) is 11.9. The molecule has 94 valence electrons. The average Bonchev–Trinajstić information content (AvgIpc) is 2.79. The maximum absolute atomic E-state index is 6.04. The van der Waals surface area contributed by atoms with Crippen LogP contribution in [-0.2, 0) is 4.74 Å². The van der Waals surface area contributed by atoms with E-state index in [-0.39, 0.29) is 0 Å². The average molecular weight is 320 g/mol. The molecule has 3 nitrogen and oxygen atoms in total. The van der Waals surface area contributed by atoms with Crippen LogP contribution in [-0.4, -0.2) is 24.2 Å². The first kappa shape index (κ1) is 13.1. The van der Waals surface area contributed by atoms with Crippen molar-refractivity contribution in [3.05, 3.63) is 21.8 Å². The second-order valence-corrected chi connectivity index (χ2v) is 5.51. The molecule has 0 unspecified atom stereocenters. The maximum atomic E-state index is 6.04. The van der Waals surface area contributed by atoms with E-state index in [0.29, 0.717) is 23.6 Å². The molecule has 1 aromatic rings. The monoisotopic (exact) mass is 318 g/mol. The van der Waals surface area contributed by atoms with Gasteiger partial charge in [-0.2, -0.15) is 0 Å². The fourth-order valence-corrected chi connectivity index (χ4v) is 2.69. The van der Waals surface area contributed by atoms with Crippen molar-refractivity contribution in [2.45, 2.75) is 31.8 Å². The number of hydrogen-bond donors (Lipinski definition) is 1. The van der Waals surface area contributed by atoms with Crippen LogP contribution in [0.2, 0.25) is 5.02 Å². The zero-order chi connectivity index (χ0) is 12.1. The fraction of sp³-hybridized carbons (Fsp3) is 0.583. The predicted molar refractivity (Wildman–Crippen MR) is 73.6 cm³/mol. The minimum absolute atomic E-state index is 0.463. The van der Waals surface area contributed by atoms with Crippen LogP contribution in [0.3, 0.4) is 0 Å². The molecular formula is C12H16BrClN2O. The molecule has 5 heteroatoms. The molecular weight excluding hydrogens is 304 g/mol. The molecule has 0 bridgehead atoms. The quantitative estimate of drug-likeness (QED) is 0.837. The summed E-state index contributed by atoms with van der Waals surface area (Å²) in [6.07, 6.45) is 7.21. The number of halogens is 2. The molecule has 0 spiro atoms. The van der Waals surface area contributed by atoms with Crippen LogP contribution in [0.4, 0.5) is 5.82 Å². The largest absolute Gasteiger partial charge is 0.376 e. The van der Waals surface area contributed by atoms with Crippen LogP contribution < -0.4 is 5.32 Å². The van der Waals surface area contributed by atoms with Gasteiger partial charge in [0.15, 0.2) is 0 Å². The Bertz CT molecular complexity index is 370. The lowest BCUT2D eigenvalue weighted by Crippen LogP contribution is -2.16. The number of aromatic nitrogens is 1. The van der Waals surface area contributed by atoms with Crippen LogP contribution in [0, 0.1) is 0 Å². The molecule has 0 saturated heterocycles. The highest BCUT2D eigenvalue weighted by Gasteiger charge is 2.14.